The molecule has 0 saturated carbocycles. The second-order valence-corrected chi connectivity index (χ2v) is 7.85. The summed E-state index contributed by atoms with van der Waals surface area (Å²) >= 11 is 11.2. The second-order valence-electron chi connectivity index (χ2n) is 7.03. The normalized spacial score (nSPS) is 16.8. The molecule has 32 heavy (non-hydrogen) atoms. The monoisotopic (exact) mass is 475 g/mol. The molecule has 3 aromatic rings. The Balaban J connectivity index is 1.54. The maximum Gasteiger partial charge on any atom is 0.416 e. The van der Waals surface area contributed by atoms with Crippen LogP contribution in [0.3, 0.4) is 0 Å². The van der Waals surface area contributed by atoms with Gasteiger partial charge >= 0.3 is 6.18 Å². The standard InChI is InChI=1S/C23H17ClF3N3OS/c24-17-11-10-15(23(25,26)27)12-19(17)28-22(32)30-29-18-13-21(14-6-2-1-3-7-14)31-20-9-5-4-8-16(18)20/h1-12,21H,13H2,(H2,28,30,32)/b29-18-. The Hall–Kier alpha value is -3.10. The predicted molar refractivity (Wildman–Crippen MR) is 123 cm³/mol. The highest BCUT2D eigenvalue weighted by Gasteiger charge is 2.31. The van der Waals surface area contributed by atoms with Crippen LogP contribution in [0.5, 0.6) is 5.75 Å². The number of rotatable bonds is 3. The van der Waals surface area contributed by atoms with Crippen LogP contribution in [0.25, 0.3) is 0 Å². The molecule has 2 N–H and O–H groups in total. The summed E-state index contributed by atoms with van der Waals surface area (Å²) in [6, 6.07) is 20.2. The van der Waals surface area contributed by atoms with Crippen molar-refractivity contribution >= 4 is 40.3 Å². The smallest absolute Gasteiger partial charge is 0.416 e. The third kappa shape index (κ3) is 5.03. The highest BCUT2D eigenvalue weighted by atomic mass is 35.5. The van der Waals surface area contributed by atoms with Crippen LogP contribution in [0.15, 0.2) is 77.9 Å². The molecule has 4 rings (SSSR count). The van der Waals surface area contributed by atoms with Gasteiger partial charge in [-0.3, -0.25) is 5.43 Å². The van der Waals surface area contributed by atoms with E-state index in [1.807, 2.05) is 54.6 Å². The highest BCUT2D eigenvalue weighted by Crippen LogP contribution is 2.35. The minimum atomic E-state index is -4.49. The van der Waals surface area contributed by atoms with Gasteiger partial charge in [-0.1, -0.05) is 54.1 Å². The molecule has 1 atom stereocenters. The van der Waals surface area contributed by atoms with Crippen LogP contribution in [0.2, 0.25) is 5.02 Å². The van der Waals surface area contributed by atoms with E-state index < -0.39 is 11.7 Å². The van der Waals surface area contributed by atoms with Crippen molar-refractivity contribution in [2.75, 3.05) is 5.32 Å². The maximum absolute atomic E-state index is 13.0. The molecular weight excluding hydrogens is 459 g/mol. The summed E-state index contributed by atoms with van der Waals surface area (Å²) in [5.74, 6) is 0.688. The molecule has 0 radical (unpaired) electrons. The zero-order chi connectivity index (χ0) is 22.7. The van der Waals surface area contributed by atoms with Gasteiger partial charge < -0.3 is 10.1 Å². The Bertz CT molecular complexity index is 1170. The number of alkyl halides is 3. The number of halogens is 4. The minimum absolute atomic E-state index is 0.0129. The zero-order valence-corrected chi connectivity index (χ0v) is 18.1. The van der Waals surface area contributed by atoms with E-state index in [1.54, 1.807) is 0 Å². The van der Waals surface area contributed by atoms with Crippen molar-refractivity contribution in [2.45, 2.75) is 18.7 Å². The number of anilines is 1. The van der Waals surface area contributed by atoms with E-state index in [4.69, 9.17) is 28.6 Å². The summed E-state index contributed by atoms with van der Waals surface area (Å²) in [5, 5.41) is 7.21. The van der Waals surface area contributed by atoms with E-state index >= 15 is 0 Å². The van der Waals surface area contributed by atoms with Gasteiger partial charge in [0, 0.05) is 12.0 Å². The lowest BCUT2D eigenvalue weighted by Crippen LogP contribution is -2.28. The third-order valence-electron chi connectivity index (χ3n) is 4.85. The van der Waals surface area contributed by atoms with Crippen LogP contribution in [0.4, 0.5) is 18.9 Å². The molecule has 0 bridgehead atoms. The summed E-state index contributed by atoms with van der Waals surface area (Å²) in [7, 11) is 0. The molecule has 3 aromatic carbocycles. The van der Waals surface area contributed by atoms with Crippen molar-refractivity contribution in [1.82, 2.24) is 5.43 Å². The van der Waals surface area contributed by atoms with Crippen LogP contribution < -0.4 is 15.5 Å². The van der Waals surface area contributed by atoms with E-state index in [9.17, 15) is 13.2 Å². The molecule has 0 aromatic heterocycles. The molecule has 1 unspecified atom stereocenters. The van der Waals surface area contributed by atoms with Crippen molar-refractivity contribution in [3.63, 3.8) is 0 Å². The van der Waals surface area contributed by atoms with E-state index in [2.05, 4.69) is 15.8 Å². The average molecular weight is 476 g/mol. The molecule has 0 amide bonds. The Morgan fingerprint density at radius 1 is 1.03 bits per heavy atom. The quantitative estimate of drug-likeness (QED) is 0.332. The van der Waals surface area contributed by atoms with Gasteiger partial charge in [-0.2, -0.15) is 18.3 Å². The SMILES string of the molecule is FC(F)(F)c1ccc(Cl)c(NC(=S)N/N=C2/CC(c3ccccc3)Oc3ccccc32)c1. The first-order chi connectivity index (χ1) is 15.3. The number of nitrogens with one attached hydrogen (secondary N) is 2. The minimum Gasteiger partial charge on any atom is -0.485 e. The Kier molecular flexibility index (Phi) is 6.34. The molecule has 0 spiro atoms. The number of hydrogen-bond donors (Lipinski definition) is 2. The predicted octanol–water partition coefficient (Wildman–Crippen LogP) is 6.57. The van der Waals surface area contributed by atoms with Gasteiger partial charge in [0.15, 0.2) is 5.11 Å². The van der Waals surface area contributed by atoms with E-state index in [0.29, 0.717) is 17.9 Å². The van der Waals surface area contributed by atoms with Crippen LogP contribution in [-0.2, 0) is 6.18 Å². The van der Waals surface area contributed by atoms with Gasteiger partial charge in [0.25, 0.3) is 0 Å². The van der Waals surface area contributed by atoms with Crippen LogP contribution >= 0.6 is 23.8 Å². The molecule has 1 aliphatic rings. The molecule has 0 saturated heterocycles. The molecule has 1 heterocycles. The number of hydrogen-bond acceptors (Lipinski definition) is 3. The van der Waals surface area contributed by atoms with Crippen molar-refractivity contribution < 1.29 is 17.9 Å². The summed E-state index contributed by atoms with van der Waals surface area (Å²) in [4.78, 5) is 0. The topological polar surface area (TPSA) is 45.7 Å². The van der Waals surface area contributed by atoms with Crippen LogP contribution in [0.1, 0.15) is 29.2 Å². The number of fused-ring (bicyclic) bond motifs is 1. The lowest BCUT2D eigenvalue weighted by atomic mass is 9.96. The van der Waals surface area contributed by atoms with Gasteiger partial charge in [0.1, 0.15) is 11.9 Å². The first-order valence-electron chi connectivity index (χ1n) is 9.62. The molecular formula is C23H17ClF3N3OS. The zero-order valence-electron chi connectivity index (χ0n) is 16.5. The Morgan fingerprint density at radius 2 is 1.75 bits per heavy atom. The third-order valence-corrected chi connectivity index (χ3v) is 5.37. The lowest BCUT2D eigenvalue weighted by molar-refractivity contribution is -0.137. The highest BCUT2D eigenvalue weighted by molar-refractivity contribution is 7.80. The van der Waals surface area contributed by atoms with E-state index in [1.165, 1.54) is 6.07 Å². The van der Waals surface area contributed by atoms with Crippen molar-refractivity contribution in [2.24, 2.45) is 5.10 Å². The number of ether oxygens (including phenoxy) is 1. The first kappa shape index (κ1) is 22.1. The van der Waals surface area contributed by atoms with Crippen LogP contribution in [-0.4, -0.2) is 10.8 Å². The van der Waals surface area contributed by atoms with Gasteiger partial charge in [0.2, 0.25) is 0 Å². The van der Waals surface area contributed by atoms with Crippen molar-refractivity contribution in [1.29, 1.82) is 0 Å². The Morgan fingerprint density at radius 3 is 2.50 bits per heavy atom. The molecule has 4 nitrogen and oxygen atoms in total. The number of para-hydroxylation sites is 1. The molecule has 9 heteroatoms. The fourth-order valence-electron chi connectivity index (χ4n) is 3.31. The van der Waals surface area contributed by atoms with Crippen molar-refractivity contribution in [3.8, 4) is 5.75 Å². The number of thiocarbonyl (C=S) groups is 1. The summed E-state index contributed by atoms with van der Waals surface area (Å²) in [5.41, 5.74) is 4.44. The van der Waals surface area contributed by atoms with Gasteiger partial charge in [0.05, 0.1) is 22.0 Å². The largest absolute Gasteiger partial charge is 0.485 e. The fourth-order valence-corrected chi connectivity index (χ4v) is 3.63. The van der Waals surface area contributed by atoms with E-state index in [0.717, 1.165) is 23.3 Å². The summed E-state index contributed by atoms with van der Waals surface area (Å²) < 4.78 is 45.1. The van der Waals surface area contributed by atoms with Crippen LogP contribution in [0, 0.1) is 0 Å². The first-order valence-corrected chi connectivity index (χ1v) is 10.4. The van der Waals surface area contributed by atoms with Gasteiger partial charge in [-0.15, -0.1) is 0 Å². The van der Waals surface area contributed by atoms with Gasteiger partial charge in [-0.25, -0.2) is 0 Å². The molecule has 164 valence electrons. The fraction of sp³-hybridized carbons (Fsp3) is 0.130. The average Bonchev–Trinajstić information content (AvgIpc) is 2.78. The second kappa shape index (κ2) is 9.18. The number of nitrogens with zero attached hydrogens (tertiary/aromatic N) is 1. The van der Waals surface area contributed by atoms with Crippen molar-refractivity contribution in [3.05, 3.63) is 94.5 Å². The summed E-state index contributed by atoms with van der Waals surface area (Å²) in [6.07, 6.45) is -4.23. The number of hydrazone groups is 1. The number of benzene rings is 3. The van der Waals surface area contributed by atoms with E-state index in [-0.39, 0.29) is 21.9 Å². The van der Waals surface area contributed by atoms with Gasteiger partial charge in [-0.05, 0) is 48.1 Å². The molecule has 1 aliphatic heterocycles. The molecule has 0 aliphatic carbocycles. The maximum atomic E-state index is 13.0. The summed E-state index contributed by atoms with van der Waals surface area (Å²) in [6.45, 7) is 0. The lowest BCUT2D eigenvalue weighted by Gasteiger charge is -2.27. The molecule has 0 fully saturated rings. The Labute approximate surface area is 193 Å².